The molecule has 0 N–H and O–H groups in total. The van der Waals surface area contributed by atoms with Crippen LogP contribution in [0.3, 0.4) is 0 Å². The minimum absolute atomic E-state index is 0.0215. The molecule has 0 bridgehead atoms. The van der Waals surface area contributed by atoms with Crippen molar-refractivity contribution in [3.8, 4) is 0 Å². The quantitative estimate of drug-likeness (QED) is 0.570. The molecule has 0 amide bonds. The number of aryl methyl sites for hydroxylation is 1. The van der Waals surface area contributed by atoms with E-state index in [0.717, 1.165) is 23.1 Å². The van der Waals surface area contributed by atoms with Crippen LogP contribution in [0.25, 0.3) is 0 Å². The van der Waals surface area contributed by atoms with Gasteiger partial charge in [-0.1, -0.05) is 28.8 Å². The summed E-state index contributed by atoms with van der Waals surface area (Å²) in [5.74, 6) is 0.0977. The molecule has 2 heteroatoms. The third kappa shape index (κ3) is 1.51. The molecule has 0 saturated carbocycles. The van der Waals surface area contributed by atoms with Gasteiger partial charge in [-0.05, 0) is 52.2 Å². The summed E-state index contributed by atoms with van der Waals surface area (Å²) in [5, 5.41) is 0. The zero-order chi connectivity index (χ0) is 14.7. The Kier molecular flexibility index (Phi) is 2.75. The van der Waals surface area contributed by atoms with Gasteiger partial charge in [-0.2, -0.15) is 0 Å². The Morgan fingerprint density at radius 3 is 2.55 bits per heavy atom. The van der Waals surface area contributed by atoms with Crippen molar-refractivity contribution in [2.75, 3.05) is 0 Å². The minimum Gasteiger partial charge on any atom is -0.299 e. The molecule has 2 aliphatic rings. The van der Waals surface area contributed by atoms with Crippen LogP contribution in [0, 0.1) is 12.3 Å². The lowest BCUT2D eigenvalue weighted by atomic mass is 9.63. The van der Waals surface area contributed by atoms with Crippen LogP contribution in [0.4, 0.5) is 0 Å². The molecule has 1 aromatic rings. The number of hydrogen-bond donors (Lipinski definition) is 0. The molecule has 3 rings (SSSR count). The topological polar surface area (TPSA) is 34.1 Å². The second kappa shape index (κ2) is 4.15. The summed E-state index contributed by atoms with van der Waals surface area (Å²) in [5.41, 5.74) is 4.62. The predicted molar refractivity (Wildman–Crippen MR) is 79.0 cm³/mol. The molecule has 1 aromatic carbocycles. The van der Waals surface area contributed by atoms with E-state index in [1.165, 1.54) is 11.1 Å². The van der Waals surface area contributed by atoms with E-state index in [0.29, 0.717) is 6.42 Å². The number of rotatable bonds is 1. The first-order valence-corrected chi connectivity index (χ1v) is 7.19. The molecule has 1 unspecified atom stereocenters. The Morgan fingerprint density at radius 1 is 1.20 bits per heavy atom. The van der Waals surface area contributed by atoms with Crippen molar-refractivity contribution >= 4 is 11.6 Å². The van der Waals surface area contributed by atoms with E-state index < -0.39 is 5.41 Å². The van der Waals surface area contributed by atoms with Crippen molar-refractivity contribution in [2.45, 2.75) is 46.5 Å². The SMILES string of the molecule is CC(=O)C12CC(C)=C(C)C[C@H]1c1ccc(C)cc1C2=O. The van der Waals surface area contributed by atoms with E-state index >= 15 is 0 Å². The van der Waals surface area contributed by atoms with Crippen LogP contribution in [-0.4, -0.2) is 11.6 Å². The molecular weight excluding hydrogens is 248 g/mol. The van der Waals surface area contributed by atoms with E-state index in [1.807, 2.05) is 25.1 Å². The van der Waals surface area contributed by atoms with E-state index in [2.05, 4.69) is 13.8 Å². The van der Waals surface area contributed by atoms with E-state index in [9.17, 15) is 9.59 Å². The van der Waals surface area contributed by atoms with Gasteiger partial charge < -0.3 is 0 Å². The third-order valence-electron chi connectivity index (χ3n) is 5.24. The van der Waals surface area contributed by atoms with E-state index in [-0.39, 0.29) is 17.5 Å². The second-order valence-electron chi connectivity index (χ2n) is 6.44. The number of carbonyl (C=O) groups is 2. The van der Waals surface area contributed by atoms with Gasteiger partial charge >= 0.3 is 0 Å². The van der Waals surface area contributed by atoms with E-state index in [4.69, 9.17) is 0 Å². The van der Waals surface area contributed by atoms with Gasteiger partial charge in [0.2, 0.25) is 0 Å². The molecule has 2 aliphatic carbocycles. The normalized spacial score (nSPS) is 28.4. The Balaban J connectivity index is 2.26. The predicted octanol–water partition coefficient (Wildman–Crippen LogP) is 3.98. The minimum atomic E-state index is -0.834. The fraction of sp³-hybridized carbons (Fsp3) is 0.444. The molecule has 104 valence electrons. The van der Waals surface area contributed by atoms with Crippen molar-refractivity contribution in [3.05, 3.63) is 46.0 Å². The lowest BCUT2D eigenvalue weighted by molar-refractivity contribution is -0.125. The maximum absolute atomic E-state index is 13.0. The third-order valence-corrected chi connectivity index (χ3v) is 5.24. The number of hydrogen-bond acceptors (Lipinski definition) is 2. The lowest BCUT2D eigenvalue weighted by Gasteiger charge is -2.37. The summed E-state index contributed by atoms with van der Waals surface area (Å²) in [7, 11) is 0. The average Bonchev–Trinajstić information content (AvgIpc) is 2.62. The van der Waals surface area contributed by atoms with Crippen LogP contribution >= 0.6 is 0 Å². The summed E-state index contributed by atoms with van der Waals surface area (Å²) in [6.45, 7) is 7.75. The number of fused-ring (bicyclic) bond motifs is 3. The Morgan fingerprint density at radius 2 is 1.90 bits per heavy atom. The fourth-order valence-electron chi connectivity index (χ4n) is 3.90. The molecule has 0 spiro atoms. The first kappa shape index (κ1) is 13.3. The van der Waals surface area contributed by atoms with Gasteiger partial charge in [0.15, 0.2) is 5.78 Å². The number of allylic oxidation sites excluding steroid dienone is 2. The van der Waals surface area contributed by atoms with Crippen LogP contribution in [-0.2, 0) is 4.79 Å². The molecule has 2 atom stereocenters. The maximum atomic E-state index is 13.0. The van der Waals surface area contributed by atoms with Crippen LogP contribution in [0.2, 0.25) is 0 Å². The largest absolute Gasteiger partial charge is 0.299 e. The molecule has 0 aliphatic heterocycles. The van der Waals surface area contributed by atoms with Crippen molar-refractivity contribution in [3.63, 3.8) is 0 Å². The van der Waals surface area contributed by atoms with E-state index in [1.54, 1.807) is 6.92 Å². The first-order chi connectivity index (χ1) is 9.37. The highest BCUT2D eigenvalue weighted by molar-refractivity contribution is 6.18. The molecule has 0 aromatic heterocycles. The standard InChI is InChI=1S/C18H20O2/c1-10-5-6-14-15(7-10)17(20)18(13(4)19)9-12(3)11(2)8-16(14)18/h5-7,16H,8-9H2,1-4H3/t16-,18?/m0/s1. The van der Waals surface area contributed by atoms with Gasteiger partial charge in [-0.25, -0.2) is 0 Å². The zero-order valence-corrected chi connectivity index (χ0v) is 12.5. The first-order valence-electron chi connectivity index (χ1n) is 7.19. The van der Waals surface area contributed by atoms with Gasteiger partial charge in [0.05, 0.1) is 0 Å². The lowest BCUT2D eigenvalue weighted by Crippen LogP contribution is -2.41. The maximum Gasteiger partial charge on any atom is 0.177 e. The molecule has 2 nitrogen and oxygen atoms in total. The van der Waals surface area contributed by atoms with Crippen molar-refractivity contribution in [1.82, 2.24) is 0 Å². The van der Waals surface area contributed by atoms with Crippen LogP contribution in [0.15, 0.2) is 29.3 Å². The Hall–Kier alpha value is -1.70. The van der Waals surface area contributed by atoms with Crippen molar-refractivity contribution < 1.29 is 9.59 Å². The number of carbonyl (C=O) groups excluding carboxylic acids is 2. The Bertz CT molecular complexity index is 666. The van der Waals surface area contributed by atoms with Gasteiger partial charge in [0.1, 0.15) is 11.2 Å². The zero-order valence-electron chi connectivity index (χ0n) is 12.5. The smallest absolute Gasteiger partial charge is 0.177 e. The van der Waals surface area contributed by atoms with Gasteiger partial charge in [-0.15, -0.1) is 0 Å². The molecule has 0 saturated heterocycles. The van der Waals surface area contributed by atoms with Gasteiger partial charge in [0, 0.05) is 11.5 Å². The molecular formula is C18H20O2. The molecule has 0 fully saturated rings. The number of ketones is 2. The summed E-state index contributed by atoms with van der Waals surface area (Å²) in [6, 6.07) is 6.04. The van der Waals surface area contributed by atoms with Crippen molar-refractivity contribution in [1.29, 1.82) is 0 Å². The summed E-state index contributed by atoms with van der Waals surface area (Å²) in [6.07, 6.45) is 1.42. The molecule has 0 radical (unpaired) electrons. The van der Waals surface area contributed by atoms with Crippen LogP contribution in [0.5, 0.6) is 0 Å². The fourth-order valence-corrected chi connectivity index (χ4v) is 3.90. The van der Waals surface area contributed by atoms with Crippen LogP contribution < -0.4 is 0 Å². The summed E-state index contributed by atoms with van der Waals surface area (Å²) < 4.78 is 0. The number of Topliss-reactive ketones (excluding diaryl/α,β-unsaturated/α-hetero) is 2. The highest BCUT2D eigenvalue weighted by Gasteiger charge is 2.57. The monoisotopic (exact) mass is 268 g/mol. The molecule has 0 heterocycles. The molecule has 20 heavy (non-hydrogen) atoms. The van der Waals surface area contributed by atoms with Crippen molar-refractivity contribution in [2.24, 2.45) is 5.41 Å². The van der Waals surface area contributed by atoms with Crippen LogP contribution in [0.1, 0.15) is 61.0 Å². The summed E-state index contributed by atoms with van der Waals surface area (Å²) in [4.78, 5) is 25.3. The highest BCUT2D eigenvalue weighted by atomic mass is 16.2. The highest BCUT2D eigenvalue weighted by Crippen LogP contribution is 2.56. The summed E-state index contributed by atoms with van der Waals surface area (Å²) >= 11 is 0. The Labute approximate surface area is 119 Å². The number of benzene rings is 1. The average molecular weight is 268 g/mol. The second-order valence-corrected chi connectivity index (χ2v) is 6.44. The van der Waals surface area contributed by atoms with Gasteiger partial charge in [0.25, 0.3) is 0 Å². The van der Waals surface area contributed by atoms with Gasteiger partial charge in [-0.3, -0.25) is 9.59 Å².